The molecule has 0 radical (unpaired) electrons. The third kappa shape index (κ3) is 3.69. The van der Waals surface area contributed by atoms with Crippen molar-refractivity contribution in [1.29, 1.82) is 0 Å². The van der Waals surface area contributed by atoms with Gasteiger partial charge in [-0.2, -0.15) is 5.10 Å². The van der Waals surface area contributed by atoms with Crippen molar-refractivity contribution < 1.29 is 23.8 Å². The Bertz CT molecular complexity index is 967. The Morgan fingerprint density at radius 1 is 1.15 bits per heavy atom. The van der Waals surface area contributed by atoms with Gasteiger partial charge in [0.1, 0.15) is 28.6 Å². The number of rotatable bonds is 5. The number of amides is 1. The topological polar surface area (TPSA) is 93.5 Å². The van der Waals surface area contributed by atoms with E-state index in [1.807, 2.05) is 0 Å². The number of hydrogen-bond acceptors (Lipinski definition) is 4. The standard InChI is InChI=1S/C18H14FN3O4/c1-22-16(15(10-20-22)18(24)25)17(23)21-12-5-7-13(8-6-12)26-14-4-2-3-11(19)9-14/h2-10H,1H3,(H,21,23)(H,24,25). The van der Waals surface area contributed by atoms with Crippen LogP contribution in [0.2, 0.25) is 0 Å². The molecule has 3 rings (SSSR count). The molecule has 0 saturated heterocycles. The van der Waals surface area contributed by atoms with Crippen LogP contribution in [0, 0.1) is 5.82 Å². The minimum absolute atomic E-state index is 0.0578. The molecule has 0 saturated carbocycles. The lowest BCUT2D eigenvalue weighted by atomic mass is 10.2. The van der Waals surface area contributed by atoms with Crippen molar-refractivity contribution in [3.63, 3.8) is 0 Å². The van der Waals surface area contributed by atoms with E-state index in [9.17, 15) is 14.0 Å². The lowest BCUT2D eigenvalue weighted by molar-refractivity contribution is 0.0692. The maximum atomic E-state index is 13.2. The van der Waals surface area contributed by atoms with E-state index in [0.29, 0.717) is 17.2 Å². The number of carbonyl (C=O) groups is 2. The zero-order valence-corrected chi connectivity index (χ0v) is 13.6. The summed E-state index contributed by atoms with van der Waals surface area (Å²) in [7, 11) is 1.48. The van der Waals surface area contributed by atoms with Crippen LogP contribution >= 0.6 is 0 Å². The summed E-state index contributed by atoms with van der Waals surface area (Å²) in [5, 5.41) is 15.5. The van der Waals surface area contributed by atoms with Gasteiger partial charge in [-0.3, -0.25) is 9.48 Å². The van der Waals surface area contributed by atoms with E-state index >= 15 is 0 Å². The van der Waals surface area contributed by atoms with E-state index in [1.165, 1.54) is 29.9 Å². The highest BCUT2D eigenvalue weighted by molar-refractivity contribution is 6.09. The lowest BCUT2D eigenvalue weighted by Gasteiger charge is -2.09. The minimum atomic E-state index is -1.23. The molecule has 1 aromatic heterocycles. The summed E-state index contributed by atoms with van der Waals surface area (Å²) < 4.78 is 19.9. The molecule has 132 valence electrons. The Morgan fingerprint density at radius 3 is 2.54 bits per heavy atom. The van der Waals surface area contributed by atoms with Crippen molar-refractivity contribution in [2.75, 3.05) is 5.32 Å². The fraction of sp³-hybridized carbons (Fsp3) is 0.0556. The molecule has 0 fully saturated rings. The number of aromatic carboxylic acids is 1. The molecule has 0 unspecified atom stereocenters. The second kappa shape index (κ2) is 7.06. The number of halogens is 1. The molecule has 2 aromatic carbocycles. The average Bonchev–Trinajstić information content (AvgIpc) is 2.99. The first kappa shape index (κ1) is 17.2. The smallest absolute Gasteiger partial charge is 0.339 e. The number of ether oxygens (including phenoxy) is 1. The van der Waals surface area contributed by atoms with Gasteiger partial charge in [-0.15, -0.1) is 0 Å². The van der Waals surface area contributed by atoms with Gasteiger partial charge in [0.05, 0.1) is 6.20 Å². The molecule has 0 aliphatic heterocycles. The third-order valence-corrected chi connectivity index (χ3v) is 3.53. The lowest BCUT2D eigenvalue weighted by Crippen LogP contribution is -2.19. The molecule has 0 atom stereocenters. The van der Waals surface area contributed by atoms with Crippen LogP contribution in [0.3, 0.4) is 0 Å². The Labute approximate surface area is 147 Å². The monoisotopic (exact) mass is 355 g/mol. The fourth-order valence-electron chi connectivity index (χ4n) is 2.33. The van der Waals surface area contributed by atoms with Crippen molar-refractivity contribution in [3.8, 4) is 11.5 Å². The molecule has 8 heteroatoms. The van der Waals surface area contributed by atoms with E-state index in [0.717, 1.165) is 6.20 Å². The summed E-state index contributed by atoms with van der Waals surface area (Å²) in [4.78, 5) is 23.5. The third-order valence-electron chi connectivity index (χ3n) is 3.53. The Balaban J connectivity index is 1.72. The summed E-state index contributed by atoms with van der Waals surface area (Å²) in [6.45, 7) is 0. The number of hydrogen-bond donors (Lipinski definition) is 2. The molecular weight excluding hydrogens is 341 g/mol. The van der Waals surface area contributed by atoms with Crippen LogP contribution in [0.25, 0.3) is 0 Å². The molecule has 1 heterocycles. The second-order valence-corrected chi connectivity index (χ2v) is 5.37. The number of benzene rings is 2. The largest absolute Gasteiger partial charge is 0.478 e. The number of anilines is 1. The van der Waals surface area contributed by atoms with E-state index in [4.69, 9.17) is 9.84 Å². The number of nitrogens with one attached hydrogen (secondary N) is 1. The quantitative estimate of drug-likeness (QED) is 0.732. The zero-order chi connectivity index (χ0) is 18.7. The number of nitrogens with zero attached hydrogens (tertiary/aromatic N) is 2. The highest BCUT2D eigenvalue weighted by atomic mass is 19.1. The van der Waals surface area contributed by atoms with Gasteiger partial charge in [0, 0.05) is 18.8 Å². The SMILES string of the molecule is Cn1ncc(C(=O)O)c1C(=O)Nc1ccc(Oc2cccc(F)c2)cc1. The summed E-state index contributed by atoms with van der Waals surface area (Å²) in [6, 6.07) is 12.1. The summed E-state index contributed by atoms with van der Waals surface area (Å²) in [5.41, 5.74) is 0.202. The van der Waals surface area contributed by atoms with Gasteiger partial charge in [-0.25, -0.2) is 9.18 Å². The van der Waals surface area contributed by atoms with Crippen LogP contribution in [-0.4, -0.2) is 26.8 Å². The molecule has 0 aliphatic carbocycles. The van der Waals surface area contributed by atoms with Crippen LogP contribution in [0.5, 0.6) is 11.5 Å². The number of aromatic nitrogens is 2. The normalized spacial score (nSPS) is 10.4. The maximum absolute atomic E-state index is 13.2. The predicted octanol–water partition coefficient (Wildman–Crippen LogP) is 3.30. The van der Waals surface area contributed by atoms with E-state index < -0.39 is 17.7 Å². The van der Waals surface area contributed by atoms with Crippen LogP contribution < -0.4 is 10.1 Å². The Morgan fingerprint density at radius 2 is 1.88 bits per heavy atom. The van der Waals surface area contributed by atoms with E-state index in [1.54, 1.807) is 30.3 Å². The number of carbonyl (C=O) groups excluding carboxylic acids is 1. The number of carboxylic acids is 1. The number of carboxylic acid groups (broad SMARTS) is 1. The van der Waals surface area contributed by atoms with Gasteiger partial charge in [0.15, 0.2) is 0 Å². The minimum Gasteiger partial charge on any atom is -0.478 e. The van der Waals surface area contributed by atoms with Gasteiger partial charge in [-0.1, -0.05) is 6.07 Å². The first-order valence-corrected chi connectivity index (χ1v) is 7.54. The molecule has 26 heavy (non-hydrogen) atoms. The Kier molecular flexibility index (Phi) is 4.66. The van der Waals surface area contributed by atoms with Gasteiger partial charge in [-0.05, 0) is 36.4 Å². The second-order valence-electron chi connectivity index (χ2n) is 5.37. The van der Waals surface area contributed by atoms with Crippen molar-refractivity contribution >= 4 is 17.6 Å². The molecule has 3 aromatic rings. The van der Waals surface area contributed by atoms with E-state index in [2.05, 4.69) is 10.4 Å². The van der Waals surface area contributed by atoms with Crippen molar-refractivity contribution in [1.82, 2.24) is 9.78 Å². The first-order chi connectivity index (χ1) is 12.4. The Hall–Kier alpha value is -3.68. The van der Waals surface area contributed by atoms with Crippen LogP contribution in [0.15, 0.2) is 54.7 Å². The highest BCUT2D eigenvalue weighted by Crippen LogP contribution is 2.24. The van der Waals surface area contributed by atoms with Crippen LogP contribution in [0.4, 0.5) is 10.1 Å². The van der Waals surface area contributed by atoms with Crippen molar-refractivity contribution in [2.24, 2.45) is 7.05 Å². The summed E-state index contributed by atoms with van der Waals surface area (Å²) in [6.07, 6.45) is 1.12. The molecule has 0 spiro atoms. The molecule has 7 nitrogen and oxygen atoms in total. The molecule has 0 bridgehead atoms. The molecular formula is C18H14FN3O4. The van der Waals surface area contributed by atoms with Crippen LogP contribution in [-0.2, 0) is 7.05 Å². The van der Waals surface area contributed by atoms with Crippen molar-refractivity contribution in [3.05, 3.63) is 71.8 Å². The molecule has 1 amide bonds. The predicted molar refractivity (Wildman–Crippen MR) is 91.0 cm³/mol. The van der Waals surface area contributed by atoms with Gasteiger partial charge < -0.3 is 15.2 Å². The highest BCUT2D eigenvalue weighted by Gasteiger charge is 2.21. The fourth-order valence-corrected chi connectivity index (χ4v) is 2.33. The molecule has 0 aliphatic rings. The maximum Gasteiger partial charge on any atom is 0.339 e. The summed E-state index contributed by atoms with van der Waals surface area (Å²) >= 11 is 0. The first-order valence-electron chi connectivity index (χ1n) is 7.54. The van der Waals surface area contributed by atoms with Gasteiger partial charge >= 0.3 is 5.97 Å². The average molecular weight is 355 g/mol. The zero-order valence-electron chi connectivity index (χ0n) is 13.6. The van der Waals surface area contributed by atoms with Gasteiger partial charge in [0.25, 0.3) is 5.91 Å². The molecule has 2 N–H and O–H groups in total. The van der Waals surface area contributed by atoms with Gasteiger partial charge in [0.2, 0.25) is 0 Å². The van der Waals surface area contributed by atoms with Crippen LogP contribution in [0.1, 0.15) is 20.8 Å². The summed E-state index contributed by atoms with van der Waals surface area (Å²) in [5.74, 6) is -1.43. The number of aryl methyl sites for hydroxylation is 1. The van der Waals surface area contributed by atoms with E-state index in [-0.39, 0.29) is 11.3 Å². The van der Waals surface area contributed by atoms with Crippen molar-refractivity contribution in [2.45, 2.75) is 0 Å².